The Morgan fingerprint density at radius 1 is 0.800 bits per heavy atom. The summed E-state index contributed by atoms with van der Waals surface area (Å²) >= 11 is 0. The fourth-order valence-corrected chi connectivity index (χ4v) is 2.56. The zero-order valence-corrected chi connectivity index (χ0v) is 17.5. The predicted molar refractivity (Wildman–Crippen MR) is 109 cm³/mol. The molecule has 0 fully saturated rings. The molecule has 2 amide bonds. The van der Waals surface area contributed by atoms with Crippen LogP contribution in [0.3, 0.4) is 0 Å². The molecule has 0 spiro atoms. The van der Waals surface area contributed by atoms with E-state index in [1.807, 2.05) is 0 Å². The highest BCUT2D eigenvalue weighted by Crippen LogP contribution is 2.33. The van der Waals surface area contributed by atoms with Crippen molar-refractivity contribution in [1.82, 2.24) is 0 Å². The number of amides is 2. The van der Waals surface area contributed by atoms with Crippen LogP contribution in [0, 0.1) is 0 Å². The van der Waals surface area contributed by atoms with Gasteiger partial charge < -0.3 is 10.1 Å². The first-order chi connectivity index (χ1) is 13.7. The van der Waals surface area contributed by atoms with Gasteiger partial charge >= 0.3 is 12.3 Å². The highest BCUT2D eigenvalue weighted by molar-refractivity contribution is 5.98. The second kappa shape index (κ2) is 8.38. The minimum Gasteiger partial charge on any atom is -0.444 e. The highest BCUT2D eigenvalue weighted by Gasteiger charge is 2.35. The van der Waals surface area contributed by atoms with E-state index in [1.165, 1.54) is 12.1 Å². The standard InChI is InChI=1S/C22H25F3N2O3/c1-20(2,3)30-19(29)27-17-11-9-16(10-12-17)26-18(28)21(4,5)14-7-6-8-15(13-14)22(23,24)25/h6-13H,1-5H3,(H,26,28)(H,27,29). The van der Waals surface area contributed by atoms with Crippen LogP contribution in [-0.2, 0) is 21.1 Å². The van der Waals surface area contributed by atoms with Gasteiger partial charge in [0.15, 0.2) is 0 Å². The van der Waals surface area contributed by atoms with Crippen molar-refractivity contribution in [2.75, 3.05) is 10.6 Å². The van der Waals surface area contributed by atoms with Gasteiger partial charge in [-0.25, -0.2) is 4.79 Å². The van der Waals surface area contributed by atoms with Gasteiger partial charge in [-0.05, 0) is 70.5 Å². The topological polar surface area (TPSA) is 67.4 Å². The van der Waals surface area contributed by atoms with Gasteiger partial charge in [-0.15, -0.1) is 0 Å². The molecule has 0 saturated heterocycles. The summed E-state index contributed by atoms with van der Waals surface area (Å²) in [6, 6.07) is 11.0. The number of rotatable bonds is 4. The van der Waals surface area contributed by atoms with E-state index >= 15 is 0 Å². The molecular formula is C22H25F3N2O3. The molecule has 2 rings (SSSR count). The Balaban J connectivity index is 2.09. The van der Waals surface area contributed by atoms with E-state index in [0.29, 0.717) is 11.4 Å². The molecule has 0 aliphatic carbocycles. The van der Waals surface area contributed by atoms with Gasteiger partial charge in [0.2, 0.25) is 5.91 Å². The van der Waals surface area contributed by atoms with Crippen LogP contribution in [-0.4, -0.2) is 17.6 Å². The van der Waals surface area contributed by atoms with Crippen LogP contribution in [0.2, 0.25) is 0 Å². The van der Waals surface area contributed by atoms with Crippen LogP contribution in [0.1, 0.15) is 45.7 Å². The molecule has 8 heteroatoms. The quantitative estimate of drug-likeness (QED) is 0.638. The molecule has 30 heavy (non-hydrogen) atoms. The summed E-state index contributed by atoms with van der Waals surface area (Å²) in [6.45, 7) is 8.35. The number of carbonyl (C=O) groups excluding carboxylic acids is 2. The SMILES string of the molecule is CC(C)(C)OC(=O)Nc1ccc(NC(=O)C(C)(C)c2cccc(C(F)(F)F)c2)cc1. The minimum absolute atomic E-state index is 0.248. The Morgan fingerprint density at radius 2 is 1.30 bits per heavy atom. The van der Waals surface area contributed by atoms with Crippen molar-refractivity contribution >= 4 is 23.4 Å². The molecule has 0 aliphatic rings. The summed E-state index contributed by atoms with van der Waals surface area (Å²) in [5, 5.41) is 5.27. The maximum absolute atomic E-state index is 13.0. The van der Waals surface area contributed by atoms with Crippen LogP contribution in [0.5, 0.6) is 0 Å². The predicted octanol–water partition coefficient (Wildman–Crippen LogP) is 5.97. The number of ether oxygens (including phenoxy) is 1. The summed E-state index contributed by atoms with van der Waals surface area (Å²) < 4.78 is 44.1. The molecule has 0 aliphatic heterocycles. The maximum atomic E-state index is 13.0. The number of hydrogen-bond acceptors (Lipinski definition) is 3. The van der Waals surface area contributed by atoms with E-state index in [-0.39, 0.29) is 5.56 Å². The van der Waals surface area contributed by atoms with Crippen molar-refractivity contribution in [3.05, 3.63) is 59.7 Å². The van der Waals surface area contributed by atoms with E-state index in [2.05, 4.69) is 10.6 Å². The molecule has 0 unspecified atom stereocenters. The third-order valence-electron chi connectivity index (χ3n) is 4.27. The first-order valence-electron chi connectivity index (χ1n) is 9.28. The molecule has 2 aromatic rings. The molecule has 0 atom stereocenters. The number of carbonyl (C=O) groups is 2. The first kappa shape index (κ1) is 23.3. The Bertz CT molecular complexity index is 914. The molecule has 0 saturated carbocycles. The van der Waals surface area contributed by atoms with E-state index in [0.717, 1.165) is 12.1 Å². The van der Waals surface area contributed by atoms with Crippen molar-refractivity contribution in [1.29, 1.82) is 0 Å². The lowest BCUT2D eigenvalue weighted by Gasteiger charge is -2.25. The number of halogens is 3. The summed E-state index contributed by atoms with van der Waals surface area (Å²) in [4.78, 5) is 24.5. The van der Waals surface area contributed by atoms with Gasteiger partial charge in [0.25, 0.3) is 0 Å². The van der Waals surface area contributed by atoms with Gasteiger partial charge in [0.1, 0.15) is 5.60 Å². The van der Waals surface area contributed by atoms with E-state index in [4.69, 9.17) is 4.74 Å². The van der Waals surface area contributed by atoms with Gasteiger partial charge in [0, 0.05) is 11.4 Å². The van der Waals surface area contributed by atoms with Gasteiger partial charge in [-0.1, -0.05) is 18.2 Å². The molecule has 0 bridgehead atoms. The highest BCUT2D eigenvalue weighted by atomic mass is 19.4. The fraction of sp³-hybridized carbons (Fsp3) is 0.364. The summed E-state index contributed by atoms with van der Waals surface area (Å²) in [6.07, 6.45) is -5.09. The number of benzene rings is 2. The van der Waals surface area contributed by atoms with E-state index in [1.54, 1.807) is 58.9 Å². The Kier molecular flexibility index (Phi) is 6.49. The molecule has 5 nitrogen and oxygen atoms in total. The molecule has 2 aromatic carbocycles. The largest absolute Gasteiger partial charge is 0.444 e. The van der Waals surface area contributed by atoms with Crippen molar-refractivity contribution in [3.8, 4) is 0 Å². The lowest BCUT2D eigenvalue weighted by molar-refractivity contribution is -0.137. The average Bonchev–Trinajstić information content (AvgIpc) is 2.61. The fourth-order valence-electron chi connectivity index (χ4n) is 2.56. The summed E-state index contributed by atoms with van der Waals surface area (Å²) in [7, 11) is 0. The van der Waals surface area contributed by atoms with Crippen molar-refractivity contribution in [2.45, 2.75) is 51.8 Å². The zero-order valence-electron chi connectivity index (χ0n) is 17.5. The van der Waals surface area contributed by atoms with Gasteiger partial charge in [-0.3, -0.25) is 10.1 Å². The van der Waals surface area contributed by atoms with E-state index < -0.39 is 34.8 Å². The molecule has 2 N–H and O–H groups in total. The first-order valence-corrected chi connectivity index (χ1v) is 9.28. The molecule has 0 aromatic heterocycles. The maximum Gasteiger partial charge on any atom is 0.416 e. The van der Waals surface area contributed by atoms with Crippen LogP contribution in [0.15, 0.2) is 48.5 Å². The van der Waals surface area contributed by atoms with Crippen molar-refractivity contribution in [2.24, 2.45) is 0 Å². The molecular weight excluding hydrogens is 397 g/mol. The van der Waals surface area contributed by atoms with Gasteiger partial charge in [-0.2, -0.15) is 13.2 Å². The normalized spacial score (nSPS) is 12.3. The summed E-state index contributed by atoms with van der Waals surface area (Å²) in [5.74, 6) is -0.463. The average molecular weight is 422 g/mol. The lowest BCUT2D eigenvalue weighted by atomic mass is 9.83. The number of alkyl halides is 3. The van der Waals surface area contributed by atoms with Crippen LogP contribution >= 0.6 is 0 Å². The molecule has 0 heterocycles. The lowest BCUT2D eigenvalue weighted by Crippen LogP contribution is -2.35. The van der Waals surface area contributed by atoms with E-state index in [9.17, 15) is 22.8 Å². The van der Waals surface area contributed by atoms with Gasteiger partial charge in [0.05, 0.1) is 11.0 Å². The summed E-state index contributed by atoms with van der Waals surface area (Å²) in [5.41, 5.74) is -1.48. The smallest absolute Gasteiger partial charge is 0.416 e. The Labute approximate surface area is 173 Å². The monoisotopic (exact) mass is 422 g/mol. The number of hydrogen-bond donors (Lipinski definition) is 2. The Morgan fingerprint density at radius 3 is 1.80 bits per heavy atom. The molecule has 0 radical (unpaired) electrons. The number of anilines is 2. The third kappa shape index (κ3) is 6.23. The minimum atomic E-state index is -4.49. The Hall–Kier alpha value is -3.03. The van der Waals surface area contributed by atoms with Crippen molar-refractivity contribution < 1.29 is 27.5 Å². The zero-order chi connectivity index (χ0) is 22.7. The number of nitrogens with one attached hydrogen (secondary N) is 2. The second-order valence-electron chi connectivity index (χ2n) is 8.36. The molecule has 162 valence electrons. The second-order valence-corrected chi connectivity index (χ2v) is 8.36. The van der Waals surface area contributed by atoms with Crippen molar-refractivity contribution in [3.63, 3.8) is 0 Å². The van der Waals surface area contributed by atoms with Crippen LogP contribution in [0.4, 0.5) is 29.3 Å². The van der Waals surface area contributed by atoms with Crippen LogP contribution in [0.25, 0.3) is 0 Å². The third-order valence-corrected chi connectivity index (χ3v) is 4.27. The van der Waals surface area contributed by atoms with Crippen LogP contribution < -0.4 is 10.6 Å².